The standard InChI is InChI=1S/C23H23ClN6O2/c1-14-2-4-19(28-26-7-6-25)18(8-14)22(31)29-10-15-12-30(13-16(15)11-29)23-27-20-5-3-17(24)9-21(20)32-23/h2-9,15-16,25,28H,10-13H2,1H3/b25-6?,26-7-. The summed E-state index contributed by atoms with van der Waals surface area (Å²) in [6.45, 7) is 4.97. The lowest BCUT2D eigenvalue weighted by atomic mass is 10.0. The van der Waals surface area contributed by atoms with Crippen LogP contribution in [0.15, 0.2) is 45.9 Å². The first-order chi connectivity index (χ1) is 15.5. The largest absolute Gasteiger partial charge is 0.423 e. The van der Waals surface area contributed by atoms with Gasteiger partial charge in [-0.25, -0.2) is 0 Å². The summed E-state index contributed by atoms with van der Waals surface area (Å²) in [6, 6.07) is 11.7. The molecule has 9 heteroatoms. The van der Waals surface area contributed by atoms with E-state index in [0.717, 1.165) is 30.4 Å². The van der Waals surface area contributed by atoms with Gasteiger partial charge in [-0.3, -0.25) is 10.2 Å². The molecule has 2 unspecified atom stereocenters. The number of aryl methyl sites for hydroxylation is 1. The summed E-state index contributed by atoms with van der Waals surface area (Å²) in [5.41, 5.74) is 6.60. The summed E-state index contributed by atoms with van der Waals surface area (Å²) in [4.78, 5) is 22.0. The van der Waals surface area contributed by atoms with E-state index in [4.69, 9.17) is 21.4 Å². The highest BCUT2D eigenvalue weighted by Gasteiger charge is 2.43. The van der Waals surface area contributed by atoms with Crippen molar-refractivity contribution in [3.05, 3.63) is 52.5 Å². The average molecular weight is 451 g/mol. The van der Waals surface area contributed by atoms with E-state index in [2.05, 4.69) is 20.4 Å². The molecule has 2 atom stereocenters. The Morgan fingerprint density at radius 3 is 2.75 bits per heavy atom. The number of benzene rings is 2. The summed E-state index contributed by atoms with van der Waals surface area (Å²) in [7, 11) is 0. The van der Waals surface area contributed by atoms with Gasteiger partial charge in [0.05, 0.1) is 17.5 Å². The zero-order valence-corrected chi connectivity index (χ0v) is 18.3. The van der Waals surface area contributed by atoms with Gasteiger partial charge in [0.25, 0.3) is 11.9 Å². The van der Waals surface area contributed by atoms with E-state index in [9.17, 15) is 4.79 Å². The van der Waals surface area contributed by atoms with Crippen LogP contribution in [0, 0.1) is 24.2 Å². The quantitative estimate of drug-likeness (QED) is 0.451. The fourth-order valence-corrected chi connectivity index (χ4v) is 4.75. The van der Waals surface area contributed by atoms with Crippen LogP contribution in [0.4, 0.5) is 11.7 Å². The van der Waals surface area contributed by atoms with Gasteiger partial charge >= 0.3 is 0 Å². The number of oxazole rings is 1. The Morgan fingerprint density at radius 1 is 1.22 bits per heavy atom. The molecule has 0 spiro atoms. The summed E-state index contributed by atoms with van der Waals surface area (Å²) in [6.07, 6.45) is 2.42. The van der Waals surface area contributed by atoms with Gasteiger partial charge in [0.2, 0.25) is 0 Å². The topological polar surface area (TPSA) is 97.8 Å². The van der Waals surface area contributed by atoms with Gasteiger partial charge in [0.1, 0.15) is 5.52 Å². The van der Waals surface area contributed by atoms with Gasteiger partial charge in [0.15, 0.2) is 5.58 Å². The second kappa shape index (κ2) is 8.27. The molecule has 164 valence electrons. The lowest BCUT2D eigenvalue weighted by Crippen LogP contribution is -2.33. The summed E-state index contributed by atoms with van der Waals surface area (Å²) >= 11 is 6.06. The maximum atomic E-state index is 13.3. The number of carbonyl (C=O) groups is 1. The third kappa shape index (κ3) is 3.82. The highest BCUT2D eigenvalue weighted by molar-refractivity contribution is 6.31. The molecule has 0 saturated carbocycles. The number of nitrogens with one attached hydrogen (secondary N) is 2. The van der Waals surface area contributed by atoms with Crippen LogP contribution in [0.2, 0.25) is 5.02 Å². The molecule has 2 N–H and O–H groups in total. The van der Waals surface area contributed by atoms with Crippen LogP contribution in [-0.4, -0.2) is 54.4 Å². The molecule has 0 bridgehead atoms. The number of nitrogens with zero attached hydrogens (tertiary/aromatic N) is 4. The Hall–Kier alpha value is -3.39. The van der Waals surface area contributed by atoms with Gasteiger partial charge < -0.3 is 19.6 Å². The summed E-state index contributed by atoms with van der Waals surface area (Å²) < 4.78 is 5.93. The zero-order valence-electron chi connectivity index (χ0n) is 17.6. The maximum absolute atomic E-state index is 13.3. The van der Waals surface area contributed by atoms with E-state index in [0.29, 0.717) is 52.8 Å². The molecule has 8 nitrogen and oxygen atoms in total. The number of anilines is 2. The number of halogens is 1. The van der Waals surface area contributed by atoms with Crippen molar-refractivity contribution in [2.45, 2.75) is 6.92 Å². The van der Waals surface area contributed by atoms with Crippen LogP contribution < -0.4 is 10.3 Å². The minimum absolute atomic E-state index is 0.00120. The molecule has 1 aromatic heterocycles. The van der Waals surface area contributed by atoms with Crippen molar-refractivity contribution in [1.29, 1.82) is 5.41 Å². The number of carbonyl (C=O) groups excluding carboxylic acids is 1. The number of rotatable bonds is 5. The second-order valence-corrected chi connectivity index (χ2v) is 8.79. The molecule has 2 saturated heterocycles. The summed E-state index contributed by atoms with van der Waals surface area (Å²) in [5.74, 6) is 0.739. The normalized spacial score (nSPS) is 20.3. The van der Waals surface area contributed by atoms with E-state index in [-0.39, 0.29) is 5.91 Å². The smallest absolute Gasteiger partial charge is 0.298 e. The fourth-order valence-electron chi connectivity index (χ4n) is 4.58. The van der Waals surface area contributed by atoms with Crippen molar-refractivity contribution in [2.24, 2.45) is 16.9 Å². The third-order valence-electron chi connectivity index (χ3n) is 6.12. The van der Waals surface area contributed by atoms with Crippen molar-refractivity contribution >= 4 is 52.7 Å². The minimum Gasteiger partial charge on any atom is -0.423 e. The molecule has 3 aromatic rings. The van der Waals surface area contributed by atoms with Crippen LogP contribution in [0.1, 0.15) is 15.9 Å². The van der Waals surface area contributed by atoms with Crippen molar-refractivity contribution < 1.29 is 9.21 Å². The first kappa shape index (κ1) is 20.5. The van der Waals surface area contributed by atoms with E-state index in [1.807, 2.05) is 42.2 Å². The van der Waals surface area contributed by atoms with Crippen LogP contribution in [0.5, 0.6) is 0 Å². The Labute approximate surface area is 190 Å². The fraction of sp³-hybridized carbons (Fsp3) is 0.304. The zero-order chi connectivity index (χ0) is 22.2. The van der Waals surface area contributed by atoms with Crippen LogP contribution in [0.3, 0.4) is 0 Å². The van der Waals surface area contributed by atoms with E-state index < -0.39 is 0 Å². The molecular weight excluding hydrogens is 428 g/mol. The molecule has 32 heavy (non-hydrogen) atoms. The Bertz CT molecular complexity index is 1210. The molecule has 5 rings (SSSR count). The molecule has 2 aromatic carbocycles. The van der Waals surface area contributed by atoms with Gasteiger partial charge in [-0.05, 0) is 31.2 Å². The SMILES string of the molecule is Cc1ccc(N/N=C\C=N)c(C(=O)N2CC3CN(c4nc5ccc(Cl)cc5o4)CC3C2)c1. The average Bonchev–Trinajstić information content (AvgIpc) is 3.46. The highest BCUT2D eigenvalue weighted by Crippen LogP contribution is 2.36. The van der Waals surface area contributed by atoms with Gasteiger partial charge in [-0.15, -0.1) is 0 Å². The van der Waals surface area contributed by atoms with Crippen LogP contribution in [0.25, 0.3) is 11.1 Å². The first-order valence-electron chi connectivity index (χ1n) is 10.5. The first-order valence-corrected chi connectivity index (χ1v) is 10.9. The molecule has 0 radical (unpaired) electrons. The van der Waals surface area contributed by atoms with Gasteiger partial charge in [0, 0.05) is 55.3 Å². The van der Waals surface area contributed by atoms with Crippen molar-refractivity contribution in [3.63, 3.8) is 0 Å². The van der Waals surface area contributed by atoms with Crippen molar-refractivity contribution in [2.75, 3.05) is 36.5 Å². The Balaban J connectivity index is 1.29. The Kier molecular flexibility index (Phi) is 5.30. The number of likely N-dealkylation sites (tertiary alicyclic amines) is 1. The lowest BCUT2D eigenvalue weighted by Gasteiger charge is -2.22. The number of hydrazone groups is 1. The molecule has 2 aliphatic rings. The van der Waals surface area contributed by atoms with Crippen molar-refractivity contribution in [1.82, 2.24) is 9.88 Å². The minimum atomic E-state index is -0.00120. The number of hydrogen-bond donors (Lipinski definition) is 2. The number of hydrogen-bond acceptors (Lipinski definition) is 7. The molecular formula is C23H23ClN6O2. The van der Waals surface area contributed by atoms with Crippen LogP contribution in [-0.2, 0) is 0 Å². The number of aromatic nitrogens is 1. The van der Waals surface area contributed by atoms with Crippen LogP contribution >= 0.6 is 11.6 Å². The molecule has 0 aliphatic carbocycles. The predicted octanol–water partition coefficient (Wildman–Crippen LogP) is 4.05. The number of amides is 1. The molecule has 1 amide bonds. The lowest BCUT2D eigenvalue weighted by molar-refractivity contribution is 0.0783. The Morgan fingerprint density at radius 2 is 2.00 bits per heavy atom. The monoisotopic (exact) mass is 450 g/mol. The summed E-state index contributed by atoms with van der Waals surface area (Å²) in [5, 5.41) is 11.6. The predicted molar refractivity (Wildman–Crippen MR) is 126 cm³/mol. The van der Waals surface area contributed by atoms with Crippen molar-refractivity contribution in [3.8, 4) is 0 Å². The van der Waals surface area contributed by atoms with Gasteiger partial charge in [-0.2, -0.15) is 10.1 Å². The second-order valence-electron chi connectivity index (χ2n) is 8.35. The maximum Gasteiger partial charge on any atom is 0.298 e. The molecule has 3 heterocycles. The number of fused-ring (bicyclic) bond motifs is 2. The van der Waals surface area contributed by atoms with Gasteiger partial charge in [-0.1, -0.05) is 23.2 Å². The molecule has 2 fully saturated rings. The van der Waals surface area contributed by atoms with E-state index in [1.165, 1.54) is 6.21 Å². The molecule has 2 aliphatic heterocycles. The van der Waals surface area contributed by atoms with E-state index in [1.54, 1.807) is 6.07 Å². The highest BCUT2D eigenvalue weighted by atomic mass is 35.5. The van der Waals surface area contributed by atoms with E-state index >= 15 is 0 Å². The third-order valence-corrected chi connectivity index (χ3v) is 6.36.